The first-order chi connectivity index (χ1) is 9.35. The summed E-state index contributed by atoms with van der Waals surface area (Å²) >= 11 is 0. The molecule has 0 saturated heterocycles. The van der Waals surface area contributed by atoms with E-state index in [-0.39, 0.29) is 6.61 Å². The van der Waals surface area contributed by atoms with Crippen molar-refractivity contribution in [2.75, 3.05) is 0 Å². The second-order valence-corrected chi connectivity index (χ2v) is 4.41. The van der Waals surface area contributed by atoms with Crippen LogP contribution in [0.1, 0.15) is 5.56 Å². The first kappa shape index (κ1) is 11.8. The molecule has 3 aromatic carbocycles. The van der Waals surface area contributed by atoms with Gasteiger partial charge >= 0.3 is 0 Å². The highest BCUT2D eigenvalue weighted by atomic mass is 16.5. The van der Waals surface area contributed by atoms with Gasteiger partial charge in [-0.15, -0.1) is 0 Å². The monoisotopic (exact) mass is 250 g/mol. The average molecular weight is 250 g/mol. The molecule has 1 N–H and O–H groups in total. The number of benzene rings is 3. The molecule has 0 heterocycles. The van der Waals surface area contributed by atoms with Crippen molar-refractivity contribution in [2.24, 2.45) is 0 Å². The highest BCUT2D eigenvalue weighted by Gasteiger charge is 1.99. The zero-order valence-corrected chi connectivity index (χ0v) is 10.4. The van der Waals surface area contributed by atoms with Gasteiger partial charge in [0.2, 0.25) is 0 Å². The lowest BCUT2D eigenvalue weighted by atomic mass is 10.1. The molecule has 0 aliphatic heterocycles. The molecule has 0 radical (unpaired) electrons. The molecule has 19 heavy (non-hydrogen) atoms. The molecule has 0 atom stereocenters. The van der Waals surface area contributed by atoms with Crippen LogP contribution in [0, 0.1) is 0 Å². The summed E-state index contributed by atoms with van der Waals surface area (Å²) in [5.41, 5.74) is 0.880. The maximum atomic E-state index is 9.00. The molecule has 3 aromatic rings. The third-order valence-electron chi connectivity index (χ3n) is 3.06. The van der Waals surface area contributed by atoms with Gasteiger partial charge < -0.3 is 9.84 Å². The number of hydrogen-bond acceptors (Lipinski definition) is 2. The van der Waals surface area contributed by atoms with Crippen molar-refractivity contribution in [1.82, 2.24) is 0 Å². The summed E-state index contributed by atoms with van der Waals surface area (Å²) in [6.07, 6.45) is 0. The van der Waals surface area contributed by atoms with Crippen molar-refractivity contribution in [1.29, 1.82) is 0 Å². The van der Waals surface area contributed by atoms with E-state index in [0.717, 1.165) is 22.4 Å². The molecule has 0 aromatic heterocycles. The largest absolute Gasteiger partial charge is 0.457 e. The molecule has 0 spiro atoms. The van der Waals surface area contributed by atoms with E-state index in [1.807, 2.05) is 54.6 Å². The minimum absolute atomic E-state index is 0.0518. The van der Waals surface area contributed by atoms with Crippen LogP contribution < -0.4 is 4.74 Å². The fraction of sp³-hybridized carbons (Fsp3) is 0.0588. The molecule has 0 unspecified atom stereocenters. The molecule has 0 aliphatic carbocycles. The second-order valence-electron chi connectivity index (χ2n) is 4.41. The number of rotatable bonds is 3. The van der Waals surface area contributed by atoms with Crippen LogP contribution in [0.4, 0.5) is 0 Å². The van der Waals surface area contributed by atoms with Gasteiger partial charge in [-0.2, -0.15) is 0 Å². The summed E-state index contributed by atoms with van der Waals surface area (Å²) in [5, 5.41) is 11.4. The molecule has 0 aliphatic rings. The van der Waals surface area contributed by atoms with Crippen molar-refractivity contribution in [3.63, 3.8) is 0 Å². The minimum Gasteiger partial charge on any atom is -0.457 e. The summed E-state index contributed by atoms with van der Waals surface area (Å²) in [5.74, 6) is 1.59. The van der Waals surface area contributed by atoms with E-state index in [0.29, 0.717) is 0 Å². The Morgan fingerprint density at radius 3 is 2.16 bits per heavy atom. The molecule has 2 heteroatoms. The Balaban J connectivity index is 1.87. The molecule has 0 amide bonds. The van der Waals surface area contributed by atoms with Crippen LogP contribution in [0.5, 0.6) is 11.5 Å². The van der Waals surface area contributed by atoms with Crippen molar-refractivity contribution in [3.8, 4) is 11.5 Å². The lowest BCUT2D eigenvalue weighted by Crippen LogP contribution is -1.86. The zero-order valence-electron chi connectivity index (χ0n) is 10.4. The lowest BCUT2D eigenvalue weighted by molar-refractivity contribution is 0.281. The van der Waals surface area contributed by atoms with Gasteiger partial charge in [-0.05, 0) is 40.6 Å². The predicted octanol–water partition coefficient (Wildman–Crippen LogP) is 4.12. The van der Waals surface area contributed by atoms with Crippen LogP contribution in [0.25, 0.3) is 10.8 Å². The second kappa shape index (κ2) is 5.12. The number of ether oxygens (including phenoxy) is 1. The van der Waals surface area contributed by atoms with Crippen LogP contribution >= 0.6 is 0 Å². The van der Waals surface area contributed by atoms with Gasteiger partial charge in [-0.25, -0.2) is 0 Å². The SMILES string of the molecule is OCc1ccc(Oc2ccc3ccccc3c2)cc1. The number of aliphatic hydroxyl groups excluding tert-OH is 1. The van der Waals surface area contributed by atoms with Gasteiger partial charge in [0, 0.05) is 0 Å². The first-order valence-electron chi connectivity index (χ1n) is 6.21. The lowest BCUT2D eigenvalue weighted by Gasteiger charge is -2.07. The van der Waals surface area contributed by atoms with Gasteiger partial charge in [0.1, 0.15) is 11.5 Å². The highest BCUT2D eigenvalue weighted by Crippen LogP contribution is 2.25. The van der Waals surface area contributed by atoms with Gasteiger partial charge in [0.15, 0.2) is 0 Å². The zero-order chi connectivity index (χ0) is 13.1. The summed E-state index contributed by atoms with van der Waals surface area (Å²) < 4.78 is 5.80. The van der Waals surface area contributed by atoms with E-state index in [1.165, 1.54) is 5.39 Å². The van der Waals surface area contributed by atoms with Crippen LogP contribution in [0.15, 0.2) is 66.7 Å². The fourth-order valence-corrected chi connectivity index (χ4v) is 2.03. The quantitative estimate of drug-likeness (QED) is 0.757. The third-order valence-corrected chi connectivity index (χ3v) is 3.06. The minimum atomic E-state index is 0.0518. The Hall–Kier alpha value is -2.32. The Bertz CT molecular complexity index is 687. The highest BCUT2D eigenvalue weighted by molar-refractivity contribution is 5.83. The molecule has 94 valence electrons. The van der Waals surface area contributed by atoms with Crippen LogP contribution in [-0.4, -0.2) is 5.11 Å². The Morgan fingerprint density at radius 2 is 1.42 bits per heavy atom. The van der Waals surface area contributed by atoms with E-state index in [1.54, 1.807) is 0 Å². The number of hydrogen-bond donors (Lipinski definition) is 1. The van der Waals surface area contributed by atoms with E-state index >= 15 is 0 Å². The van der Waals surface area contributed by atoms with E-state index in [2.05, 4.69) is 12.1 Å². The summed E-state index contributed by atoms with van der Waals surface area (Å²) in [7, 11) is 0. The van der Waals surface area contributed by atoms with Crippen molar-refractivity contribution < 1.29 is 9.84 Å². The molecule has 2 nitrogen and oxygen atoms in total. The third kappa shape index (κ3) is 2.59. The maximum absolute atomic E-state index is 9.00. The number of fused-ring (bicyclic) bond motifs is 1. The summed E-state index contributed by atoms with van der Waals surface area (Å²) in [6.45, 7) is 0.0518. The Labute approximate surface area is 111 Å². The van der Waals surface area contributed by atoms with Crippen molar-refractivity contribution in [3.05, 3.63) is 72.3 Å². The topological polar surface area (TPSA) is 29.5 Å². The molecular weight excluding hydrogens is 236 g/mol. The summed E-state index contributed by atoms with van der Waals surface area (Å²) in [6, 6.07) is 21.7. The molecule has 0 saturated carbocycles. The smallest absolute Gasteiger partial charge is 0.128 e. The predicted molar refractivity (Wildman–Crippen MR) is 76.4 cm³/mol. The van der Waals surface area contributed by atoms with Gasteiger partial charge in [0.25, 0.3) is 0 Å². The summed E-state index contributed by atoms with van der Waals surface area (Å²) in [4.78, 5) is 0. The molecule has 3 rings (SSSR count). The molecule has 0 bridgehead atoms. The van der Waals surface area contributed by atoms with Crippen molar-refractivity contribution >= 4 is 10.8 Å². The standard InChI is InChI=1S/C17H14O2/c18-12-13-5-8-16(9-6-13)19-17-10-7-14-3-1-2-4-15(14)11-17/h1-11,18H,12H2. The van der Waals surface area contributed by atoms with Gasteiger partial charge in [-0.1, -0.05) is 42.5 Å². The normalized spacial score (nSPS) is 10.6. The maximum Gasteiger partial charge on any atom is 0.128 e. The van der Waals surface area contributed by atoms with Crippen LogP contribution in [-0.2, 0) is 6.61 Å². The Morgan fingerprint density at radius 1 is 0.737 bits per heavy atom. The van der Waals surface area contributed by atoms with Crippen LogP contribution in [0.2, 0.25) is 0 Å². The average Bonchev–Trinajstić information content (AvgIpc) is 2.48. The molecule has 0 fully saturated rings. The van der Waals surface area contributed by atoms with E-state index in [4.69, 9.17) is 9.84 Å². The van der Waals surface area contributed by atoms with Crippen molar-refractivity contribution in [2.45, 2.75) is 6.61 Å². The van der Waals surface area contributed by atoms with Gasteiger partial charge in [-0.3, -0.25) is 0 Å². The Kier molecular flexibility index (Phi) is 3.17. The van der Waals surface area contributed by atoms with E-state index in [9.17, 15) is 0 Å². The van der Waals surface area contributed by atoms with E-state index < -0.39 is 0 Å². The first-order valence-corrected chi connectivity index (χ1v) is 6.21. The number of aliphatic hydroxyl groups is 1. The molecular formula is C17H14O2. The van der Waals surface area contributed by atoms with Gasteiger partial charge in [0.05, 0.1) is 6.61 Å². The van der Waals surface area contributed by atoms with Crippen LogP contribution in [0.3, 0.4) is 0 Å². The fourth-order valence-electron chi connectivity index (χ4n) is 2.03.